The Balaban J connectivity index is 1.53. The summed E-state index contributed by atoms with van der Waals surface area (Å²) in [5.41, 5.74) is 1.79. The molecule has 0 bridgehead atoms. The molecule has 0 unspecified atom stereocenters. The Morgan fingerprint density at radius 2 is 1.34 bits per heavy atom. The smallest absolute Gasteiger partial charge is 0.343 e. The number of anilines is 1. The molecule has 7 heteroatoms. The van der Waals surface area contributed by atoms with Crippen LogP contribution in [0.4, 0.5) is 18.9 Å². The summed E-state index contributed by atoms with van der Waals surface area (Å²) < 4.78 is 37.6. The maximum atomic E-state index is 12.5. The fourth-order valence-corrected chi connectivity index (χ4v) is 2.66. The molecule has 0 aliphatic heterocycles. The van der Waals surface area contributed by atoms with Crippen LogP contribution in [0.5, 0.6) is 0 Å². The Hall–Kier alpha value is -3.61. The Morgan fingerprint density at radius 1 is 0.759 bits per heavy atom. The van der Waals surface area contributed by atoms with Crippen LogP contribution in [0, 0.1) is 0 Å². The first-order valence-corrected chi connectivity index (χ1v) is 8.74. The highest BCUT2D eigenvalue weighted by molar-refractivity contribution is 5.99. The first kappa shape index (κ1) is 20.1. The third-order valence-corrected chi connectivity index (χ3v) is 4.16. The highest BCUT2D eigenvalue weighted by Crippen LogP contribution is 2.29. The molecule has 0 radical (unpaired) electrons. The average molecular weight is 398 g/mol. The van der Waals surface area contributed by atoms with E-state index in [1.807, 2.05) is 42.5 Å². The first-order chi connectivity index (χ1) is 13.8. The maximum Gasteiger partial charge on any atom is 0.416 e. The topological polar surface area (TPSA) is 58.2 Å². The van der Waals surface area contributed by atoms with E-state index in [4.69, 9.17) is 0 Å². The molecule has 4 nitrogen and oxygen atoms in total. The molecular weight excluding hydrogens is 381 g/mol. The molecule has 0 heterocycles. The number of carbonyl (C=O) groups is 2. The van der Waals surface area contributed by atoms with Crippen molar-refractivity contribution in [3.63, 3.8) is 0 Å². The van der Waals surface area contributed by atoms with E-state index in [1.165, 1.54) is 0 Å². The molecule has 0 aliphatic carbocycles. The van der Waals surface area contributed by atoms with E-state index in [1.54, 1.807) is 12.1 Å². The largest absolute Gasteiger partial charge is 0.416 e. The lowest BCUT2D eigenvalue weighted by atomic mass is 10.0. The Kier molecular flexibility index (Phi) is 5.97. The molecule has 0 spiro atoms. The summed E-state index contributed by atoms with van der Waals surface area (Å²) in [5.74, 6) is -0.966. The second-order valence-electron chi connectivity index (χ2n) is 6.25. The third kappa shape index (κ3) is 5.44. The van der Waals surface area contributed by atoms with E-state index in [2.05, 4.69) is 10.6 Å². The minimum atomic E-state index is -4.44. The van der Waals surface area contributed by atoms with E-state index >= 15 is 0 Å². The van der Waals surface area contributed by atoms with Gasteiger partial charge in [0.15, 0.2) is 0 Å². The van der Waals surface area contributed by atoms with Crippen LogP contribution >= 0.6 is 0 Å². The summed E-state index contributed by atoms with van der Waals surface area (Å²) in [6, 6.07) is 20.7. The van der Waals surface area contributed by atoms with Gasteiger partial charge in [0.2, 0.25) is 5.91 Å². The number of carbonyl (C=O) groups excluding carboxylic acids is 2. The van der Waals surface area contributed by atoms with Crippen molar-refractivity contribution in [2.24, 2.45) is 0 Å². The van der Waals surface area contributed by atoms with Gasteiger partial charge in [-0.2, -0.15) is 13.2 Å². The van der Waals surface area contributed by atoms with Crippen LogP contribution in [0.2, 0.25) is 0 Å². The molecular formula is C22H17F3N2O2. The lowest BCUT2D eigenvalue weighted by molar-refractivity contribution is -0.137. The van der Waals surface area contributed by atoms with Gasteiger partial charge < -0.3 is 10.6 Å². The molecule has 3 rings (SSSR count). The van der Waals surface area contributed by atoms with Crippen molar-refractivity contribution in [1.29, 1.82) is 0 Å². The summed E-state index contributed by atoms with van der Waals surface area (Å²) in [6.07, 6.45) is -4.44. The molecule has 0 saturated carbocycles. The molecule has 2 N–H and O–H groups in total. The van der Waals surface area contributed by atoms with E-state index in [9.17, 15) is 22.8 Å². The van der Waals surface area contributed by atoms with Crippen molar-refractivity contribution in [3.05, 3.63) is 90.0 Å². The summed E-state index contributed by atoms with van der Waals surface area (Å²) in [4.78, 5) is 24.1. The van der Waals surface area contributed by atoms with Crippen molar-refractivity contribution in [2.75, 3.05) is 11.9 Å². The Labute approximate surface area is 165 Å². The van der Waals surface area contributed by atoms with Gasteiger partial charge in [0.25, 0.3) is 5.91 Å². The first-order valence-electron chi connectivity index (χ1n) is 8.74. The van der Waals surface area contributed by atoms with Crippen LogP contribution in [0.25, 0.3) is 11.1 Å². The molecule has 0 aromatic heterocycles. The number of benzene rings is 3. The van der Waals surface area contributed by atoms with E-state index in [0.29, 0.717) is 5.56 Å². The average Bonchev–Trinajstić information content (AvgIpc) is 2.72. The SMILES string of the molecule is O=C(CNC(=O)c1ccc(-c2ccccc2)cc1)Nc1ccc(C(F)(F)F)cc1. The van der Waals surface area contributed by atoms with Crippen LogP contribution in [-0.2, 0) is 11.0 Å². The second kappa shape index (κ2) is 8.60. The van der Waals surface area contributed by atoms with Gasteiger partial charge in [0, 0.05) is 11.3 Å². The van der Waals surface area contributed by atoms with Crippen LogP contribution in [0.15, 0.2) is 78.9 Å². The zero-order chi connectivity index (χ0) is 20.9. The Morgan fingerprint density at radius 3 is 1.93 bits per heavy atom. The van der Waals surface area contributed by atoms with Crippen molar-refractivity contribution >= 4 is 17.5 Å². The minimum absolute atomic E-state index is 0.212. The highest BCUT2D eigenvalue weighted by atomic mass is 19.4. The van der Waals surface area contributed by atoms with E-state index in [0.717, 1.165) is 35.4 Å². The zero-order valence-corrected chi connectivity index (χ0v) is 15.2. The molecule has 3 aromatic rings. The van der Waals surface area contributed by atoms with Crippen LogP contribution in [-0.4, -0.2) is 18.4 Å². The van der Waals surface area contributed by atoms with Crippen molar-refractivity contribution in [1.82, 2.24) is 5.32 Å². The number of rotatable bonds is 5. The van der Waals surface area contributed by atoms with Gasteiger partial charge >= 0.3 is 6.18 Å². The van der Waals surface area contributed by atoms with Gasteiger partial charge in [0.05, 0.1) is 12.1 Å². The van der Waals surface area contributed by atoms with Gasteiger partial charge in [-0.15, -0.1) is 0 Å². The number of hydrogen-bond donors (Lipinski definition) is 2. The van der Waals surface area contributed by atoms with E-state index < -0.39 is 23.6 Å². The van der Waals surface area contributed by atoms with Gasteiger partial charge in [-0.05, 0) is 47.5 Å². The van der Waals surface area contributed by atoms with Crippen molar-refractivity contribution in [3.8, 4) is 11.1 Å². The minimum Gasteiger partial charge on any atom is -0.343 e. The summed E-state index contributed by atoms with van der Waals surface area (Å²) in [6.45, 7) is -0.305. The predicted octanol–water partition coefficient (Wildman–Crippen LogP) is 4.74. The number of alkyl halides is 3. The molecule has 2 amide bonds. The quantitative estimate of drug-likeness (QED) is 0.652. The lowest BCUT2D eigenvalue weighted by Crippen LogP contribution is -2.32. The molecule has 0 saturated heterocycles. The molecule has 0 atom stereocenters. The number of amides is 2. The van der Waals surface area contributed by atoms with Crippen molar-refractivity contribution in [2.45, 2.75) is 6.18 Å². The molecule has 148 valence electrons. The number of halogens is 3. The van der Waals surface area contributed by atoms with Gasteiger partial charge in [0.1, 0.15) is 0 Å². The summed E-state index contributed by atoms with van der Waals surface area (Å²) >= 11 is 0. The number of hydrogen-bond acceptors (Lipinski definition) is 2. The van der Waals surface area contributed by atoms with E-state index in [-0.39, 0.29) is 12.2 Å². The maximum absolute atomic E-state index is 12.5. The van der Waals surface area contributed by atoms with Gasteiger partial charge in [-0.1, -0.05) is 42.5 Å². The third-order valence-electron chi connectivity index (χ3n) is 4.16. The van der Waals surface area contributed by atoms with Crippen LogP contribution in [0.3, 0.4) is 0 Å². The second-order valence-corrected chi connectivity index (χ2v) is 6.25. The fourth-order valence-electron chi connectivity index (χ4n) is 2.66. The fraction of sp³-hybridized carbons (Fsp3) is 0.0909. The standard InChI is InChI=1S/C22H17F3N2O2/c23-22(24,25)18-10-12-19(13-11-18)27-20(28)14-26-21(29)17-8-6-16(7-9-17)15-4-2-1-3-5-15/h1-13H,14H2,(H,26,29)(H,27,28). The predicted molar refractivity (Wildman–Crippen MR) is 104 cm³/mol. The molecule has 29 heavy (non-hydrogen) atoms. The Bertz CT molecular complexity index is 983. The van der Waals surface area contributed by atoms with Crippen LogP contribution < -0.4 is 10.6 Å². The van der Waals surface area contributed by atoms with Crippen LogP contribution in [0.1, 0.15) is 15.9 Å². The van der Waals surface area contributed by atoms with Gasteiger partial charge in [-0.25, -0.2) is 0 Å². The van der Waals surface area contributed by atoms with Crippen molar-refractivity contribution < 1.29 is 22.8 Å². The normalized spacial score (nSPS) is 11.0. The highest BCUT2D eigenvalue weighted by Gasteiger charge is 2.29. The molecule has 0 aliphatic rings. The number of nitrogens with one attached hydrogen (secondary N) is 2. The molecule has 3 aromatic carbocycles. The van der Waals surface area contributed by atoms with Gasteiger partial charge in [-0.3, -0.25) is 9.59 Å². The summed E-state index contributed by atoms with van der Waals surface area (Å²) in [7, 11) is 0. The summed E-state index contributed by atoms with van der Waals surface area (Å²) in [5, 5.41) is 4.92. The lowest BCUT2D eigenvalue weighted by Gasteiger charge is -2.10. The zero-order valence-electron chi connectivity index (χ0n) is 15.2. The molecule has 0 fully saturated rings. The monoisotopic (exact) mass is 398 g/mol.